The summed E-state index contributed by atoms with van der Waals surface area (Å²) in [6, 6.07) is 5.90. The van der Waals surface area contributed by atoms with Gasteiger partial charge >= 0.3 is 6.18 Å². The molecule has 0 heterocycles. The van der Waals surface area contributed by atoms with Gasteiger partial charge in [0.05, 0.1) is 0 Å². The quantitative estimate of drug-likeness (QED) is 0.836. The second-order valence-electron chi connectivity index (χ2n) is 4.88. The first-order chi connectivity index (χ1) is 8.97. The molecule has 1 aromatic rings. The van der Waals surface area contributed by atoms with Crippen molar-refractivity contribution in [2.75, 3.05) is 5.32 Å². The Hall–Kier alpha value is -1.52. The molecule has 1 fully saturated rings. The number of alkyl halides is 3. The highest BCUT2D eigenvalue weighted by Crippen LogP contribution is 2.24. The van der Waals surface area contributed by atoms with Crippen molar-refractivity contribution in [1.82, 2.24) is 0 Å². The van der Waals surface area contributed by atoms with Gasteiger partial charge in [-0.25, -0.2) is 0 Å². The monoisotopic (exact) mass is 271 g/mol. The van der Waals surface area contributed by atoms with Gasteiger partial charge in [-0.2, -0.15) is 13.2 Å². The molecule has 0 spiro atoms. The molecule has 1 saturated carbocycles. The van der Waals surface area contributed by atoms with Crippen molar-refractivity contribution in [2.24, 2.45) is 0 Å². The van der Waals surface area contributed by atoms with Gasteiger partial charge in [0.2, 0.25) is 0 Å². The number of anilines is 1. The number of nitrogens with one attached hydrogen (secondary N) is 1. The molecule has 0 aliphatic heterocycles. The molecule has 0 aromatic heterocycles. The summed E-state index contributed by atoms with van der Waals surface area (Å²) in [7, 11) is 0. The molecule has 1 N–H and O–H groups in total. The molecule has 1 aliphatic carbocycles. The summed E-state index contributed by atoms with van der Waals surface area (Å²) >= 11 is 0. The fourth-order valence-corrected chi connectivity index (χ4v) is 2.36. The van der Waals surface area contributed by atoms with Crippen molar-refractivity contribution in [3.8, 4) is 0 Å². The number of ketones is 1. The van der Waals surface area contributed by atoms with E-state index in [9.17, 15) is 18.0 Å². The molecule has 0 radical (unpaired) electrons. The van der Waals surface area contributed by atoms with Crippen molar-refractivity contribution in [3.63, 3.8) is 0 Å². The fourth-order valence-electron chi connectivity index (χ4n) is 2.36. The summed E-state index contributed by atoms with van der Waals surface area (Å²) in [4.78, 5) is 11.0. The predicted octanol–water partition coefficient (Wildman–Crippen LogP) is 4.18. The van der Waals surface area contributed by atoms with Gasteiger partial charge in [0, 0.05) is 17.3 Å². The Balaban J connectivity index is 2.00. The minimum atomic E-state index is -4.81. The third kappa shape index (κ3) is 3.72. The van der Waals surface area contributed by atoms with Crippen LogP contribution >= 0.6 is 0 Å². The minimum Gasteiger partial charge on any atom is -0.382 e. The zero-order chi connectivity index (χ0) is 13.9. The van der Waals surface area contributed by atoms with Gasteiger partial charge in [0.25, 0.3) is 5.78 Å². The van der Waals surface area contributed by atoms with E-state index < -0.39 is 12.0 Å². The molecule has 0 atom stereocenters. The summed E-state index contributed by atoms with van der Waals surface area (Å²) in [5.74, 6) is -1.79. The third-order valence-corrected chi connectivity index (χ3v) is 3.38. The molecule has 19 heavy (non-hydrogen) atoms. The molecule has 2 nitrogen and oxygen atoms in total. The molecular weight excluding hydrogens is 255 g/mol. The summed E-state index contributed by atoms with van der Waals surface area (Å²) in [6.07, 6.45) is 0.979. The number of hydrogen-bond donors (Lipinski definition) is 1. The number of carbonyl (C=O) groups is 1. The fraction of sp³-hybridized carbons (Fsp3) is 0.500. The largest absolute Gasteiger partial charge is 0.454 e. The molecule has 0 unspecified atom stereocenters. The van der Waals surface area contributed by atoms with Gasteiger partial charge in [0.15, 0.2) is 0 Å². The van der Waals surface area contributed by atoms with Crippen LogP contribution in [0, 0.1) is 0 Å². The second kappa shape index (κ2) is 5.63. The SMILES string of the molecule is O=C(c1ccc(NC2CCCCC2)cc1)C(F)(F)F. The van der Waals surface area contributed by atoms with E-state index in [-0.39, 0.29) is 5.56 Å². The van der Waals surface area contributed by atoms with Crippen molar-refractivity contribution >= 4 is 11.5 Å². The van der Waals surface area contributed by atoms with Crippen LogP contribution in [0.5, 0.6) is 0 Å². The number of Topliss-reactive ketones (excluding diaryl/α,β-unsaturated/α-hetero) is 1. The van der Waals surface area contributed by atoms with E-state index in [1.54, 1.807) is 0 Å². The highest BCUT2D eigenvalue weighted by molar-refractivity contribution is 6.00. The summed E-state index contributed by atoms with van der Waals surface area (Å²) in [5.41, 5.74) is 0.451. The number of benzene rings is 1. The van der Waals surface area contributed by atoms with E-state index >= 15 is 0 Å². The van der Waals surface area contributed by atoms with Gasteiger partial charge in [-0.3, -0.25) is 4.79 Å². The van der Waals surface area contributed by atoms with Crippen LogP contribution in [0.3, 0.4) is 0 Å². The Bertz CT molecular complexity index is 433. The van der Waals surface area contributed by atoms with E-state index in [1.165, 1.54) is 43.5 Å². The minimum absolute atomic E-state index is 0.318. The molecule has 0 saturated heterocycles. The number of hydrogen-bond acceptors (Lipinski definition) is 2. The molecule has 5 heteroatoms. The molecule has 1 aromatic carbocycles. The maximum absolute atomic E-state index is 12.2. The average molecular weight is 271 g/mol. The molecule has 2 rings (SSSR count). The van der Waals surface area contributed by atoms with Crippen molar-refractivity contribution in [3.05, 3.63) is 29.8 Å². The second-order valence-corrected chi connectivity index (χ2v) is 4.88. The lowest BCUT2D eigenvalue weighted by molar-refractivity contribution is -0.0885. The van der Waals surface area contributed by atoms with Crippen LogP contribution in [-0.2, 0) is 0 Å². The first kappa shape index (κ1) is 13.9. The van der Waals surface area contributed by atoms with Crippen LogP contribution < -0.4 is 5.32 Å². The Kier molecular flexibility index (Phi) is 4.12. The van der Waals surface area contributed by atoms with Crippen LogP contribution in [0.2, 0.25) is 0 Å². The summed E-state index contributed by atoms with van der Waals surface area (Å²) in [5, 5.41) is 3.29. The molecule has 0 bridgehead atoms. The summed E-state index contributed by atoms with van der Waals surface area (Å²) in [6.45, 7) is 0. The van der Waals surface area contributed by atoms with E-state index in [2.05, 4.69) is 5.32 Å². The summed E-state index contributed by atoms with van der Waals surface area (Å²) < 4.78 is 36.7. The van der Waals surface area contributed by atoms with Gasteiger partial charge in [-0.1, -0.05) is 19.3 Å². The molecule has 104 valence electrons. The van der Waals surface area contributed by atoms with Crippen LogP contribution in [-0.4, -0.2) is 18.0 Å². The average Bonchev–Trinajstić information content (AvgIpc) is 2.39. The van der Waals surface area contributed by atoms with E-state index in [1.807, 2.05) is 0 Å². The first-order valence-electron chi connectivity index (χ1n) is 6.45. The number of rotatable bonds is 3. The Morgan fingerprint density at radius 1 is 1.05 bits per heavy atom. The smallest absolute Gasteiger partial charge is 0.382 e. The maximum atomic E-state index is 12.2. The standard InChI is InChI=1S/C14H16F3NO/c15-14(16,17)13(19)10-6-8-12(9-7-10)18-11-4-2-1-3-5-11/h6-9,11,18H,1-5H2. The zero-order valence-electron chi connectivity index (χ0n) is 10.5. The maximum Gasteiger partial charge on any atom is 0.454 e. The molecule has 0 amide bonds. The zero-order valence-corrected chi connectivity index (χ0v) is 10.5. The van der Waals surface area contributed by atoms with Crippen LogP contribution in [0.25, 0.3) is 0 Å². The lowest BCUT2D eigenvalue weighted by Gasteiger charge is -2.23. The first-order valence-corrected chi connectivity index (χ1v) is 6.45. The highest BCUT2D eigenvalue weighted by Gasteiger charge is 2.39. The van der Waals surface area contributed by atoms with Crippen molar-refractivity contribution in [1.29, 1.82) is 0 Å². The Morgan fingerprint density at radius 3 is 2.16 bits per heavy atom. The van der Waals surface area contributed by atoms with Crippen LogP contribution in [0.15, 0.2) is 24.3 Å². The van der Waals surface area contributed by atoms with Crippen molar-refractivity contribution in [2.45, 2.75) is 44.3 Å². The van der Waals surface area contributed by atoms with E-state index in [0.29, 0.717) is 6.04 Å². The number of carbonyl (C=O) groups excluding carboxylic acids is 1. The predicted molar refractivity (Wildman–Crippen MR) is 67.3 cm³/mol. The van der Waals surface area contributed by atoms with Crippen LogP contribution in [0.1, 0.15) is 42.5 Å². The van der Waals surface area contributed by atoms with Crippen molar-refractivity contribution < 1.29 is 18.0 Å². The highest BCUT2D eigenvalue weighted by atomic mass is 19.4. The normalized spacial score (nSPS) is 17.2. The lowest BCUT2D eigenvalue weighted by Crippen LogP contribution is -2.23. The molecular formula is C14H16F3NO. The number of halogens is 3. The van der Waals surface area contributed by atoms with Gasteiger partial charge in [0.1, 0.15) is 0 Å². The van der Waals surface area contributed by atoms with Gasteiger partial charge in [-0.05, 0) is 37.1 Å². The Labute approximate surface area is 110 Å². The Morgan fingerprint density at radius 2 is 1.63 bits per heavy atom. The van der Waals surface area contributed by atoms with Gasteiger partial charge in [-0.15, -0.1) is 0 Å². The third-order valence-electron chi connectivity index (χ3n) is 3.38. The van der Waals surface area contributed by atoms with Crippen LogP contribution in [0.4, 0.5) is 18.9 Å². The van der Waals surface area contributed by atoms with E-state index in [0.717, 1.165) is 18.5 Å². The molecule has 1 aliphatic rings. The van der Waals surface area contributed by atoms with Gasteiger partial charge < -0.3 is 5.32 Å². The van der Waals surface area contributed by atoms with E-state index in [4.69, 9.17) is 0 Å². The topological polar surface area (TPSA) is 29.1 Å². The lowest BCUT2D eigenvalue weighted by atomic mass is 9.95.